The molecule has 0 bridgehead atoms. The van der Waals surface area contributed by atoms with Gasteiger partial charge >= 0.3 is 5.97 Å². The molecule has 0 aliphatic carbocycles. The largest absolute Gasteiger partial charge is 0.480 e. The molecule has 5 heteroatoms. The van der Waals surface area contributed by atoms with Crippen LogP contribution < -0.4 is 5.32 Å². The summed E-state index contributed by atoms with van der Waals surface area (Å²) in [5.74, 6) is -1.57. The van der Waals surface area contributed by atoms with E-state index < -0.39 is 17.8 Å². The molecular weight excluding hydrogens is 233 g/mol. The maximum atomic E-state index is 12.8. The highest BCUT2D eigenvalue weighted by atomic mass is 35.5. The lowest BCUT2D eigenvalue weighted by molar-refractivity contribution is -0.139. The Bertz CT molecular complexity index is 409. The van der Waals surface area contributed by atoms with E-state index in [0.717, 1.165) is 6.07 Å². The van der Waals surface area contributed by atoms with Crippen molar-refractivity contribution in [2.24, 2.45) is 0 Å². The summed E-state index contributed by atoms with van der Waals surface area (Å²) in [5, 5.41) is 11.8. The molecule has 0 heterocycles. The van der Waals surface area contributed by atoms with Crippen LogP contribution in [0.5, 0.6) is 0 Å². The second kappa shape index (κ2) is 5.63. The average molecular weight is 244 g/mol. The smallest absolute Gasteiger partial charge is 0.325 e. The minimum absolute atomic E-state index is 0.0870. The van der Waals surface area contributed by atoms with Crippen LogP contribution in [0.1, 0.15) is 11.6 Å². The lowest BCUT2D eigenvalue weighted by Gasteiger charge is -2.14. The number of carboxylic acid groups (broad SMARTS) is 1. The summed E-state index contributed by atoms with van der Waals surface area (Å²) in [7, 11) is 0. The van der Waals surface area contributed by atoms with Crippen molar-refractivity contribution in [3.05, 3.63) is 47.3 Å². The van der Waals surface area contributed by atoms with Crippen molar-refractivity contribution < 1.29 is 14.3 Å². The molecule has 0 fully saturated rings. The highest BCUT2D eigenvalue weighted by molar-refractivity contribution is 6.31. The van der Waals surface area contributed by atoms with E-state index in [1.807, 2.05) is 0 Å². The van der Waals surface area contributed by atoms with E-state index >= 15 is 0 Å². The first-order valence-electron chi connectivity index (χ1n) is 4.58. The number of halogens is 2. The second-order valence-electron chi connectivity index (χ2n) is 3.13. The van der Waals surface area contributed by atoms with Crippen LogP contribution in [0.3, 0.4) is 0 Å². The zero-order chi connectivity index (χ0) is 12.1. The van der Waals surface area contributed by atoms with Gasteiger partial charge in [-0.1, -0.05) is 23.7 Å². The molecule has 1 unspecified atom stereocenters. The molecule has 0 aliphatic rings. The summed E-state index contributed by atoms with van der Waals surface area (Å²) in [6.45, 7) is 3.80. The van der Waals surface area contributed by atoms with Crippen molar-refractivity contribution in [1.82, 2.24) is 5.32 Å². The van der Waals surface area contributed by atoms with Gasteiger partial charge in [0.15, 0.2) is 0 Å². The molecule has 0 saturated carbocycles. The number of benzene rings is 1. The van der Waals surface area contributed by atoms with Crippen molar-refractivity contribution in [2.45, 2.75) is 6.04 Å². The maximum Gasteiger partial charge on any atom is 0.325 e. The number of carboxylic acids is 1. The minimum atomic E-state index is -1.07. The normalized spacial score (nSPS) is 12.1. The van der Waals surface area contributed by atoms with Gasteiger partial charge in [-0.2, -0.15) is 0 Å². The van der Waals surface area contributed by atoms with Crippen LogP contribution in [0, 0.1) is 5.82 Å². The monoisotopic (exact) mass is 243 g/mol. The number of carbonyl (C=O) groups is 1. The fourth-order valence-electron chi connectivity index (χ4n) is 1.27. The SMILES string of the molecule is C=CCNC(C(=O)O)c1ccc(F)cc1Cl. The van der Waals surface area contributed by atoms with Gasteiger partial charge in [0, 0.05) is 11.6 Å². The topological polar surface area (TPSA) is 49.3 Å². The summed E-state index contributed by atoms with van der Waals surface area (Å²) in [5.41, 5.74) is 0.331. The summed E-state index contributed by atoms with van der Waals surface area (Å²) in [6.07, 6.45) is 1.54. The zero-order valence-electron chi connectivity index (χ0n) is 8.41. The van der Waals surface area contributed by atoms with Gasteiger partial charge in [0.1, 0.15) is 11.9 Å². The van der Waals surface area contributed by atoms with Crippen LogP contribution in [-0.2, 0) is 4.79 Å². The molecule has 1 aromatic carbocycles. The first-order chi connectivity index (χ1) is 7.56. The van der Waals surface area contributed by atoms with Crippen LogP contribution in [0.25, 0.3) is 0 Å². The zero-order valence-corrected chi connectivity index (χ0v) is 9.17. The quantitative estimate of drug-likeness (QED) is 0.781. The molecule has 1 aromatic rings. The molecule has 0 spiro atoms. The van der Waals surface area contributed by atoms with Crippen LogP contribution in [0.15, 0.2) is 30.9 Å². The van der Waals surface area contributed by atoms with Gasteiger partial charge in [-0.05, 0) is 17.7 Å². The molecule has 0 radical (unpaired) electrons. The summed E-state index contributed by atoms with van der Waals surface area (Å²) in [4.78, 5) is 11.0. The third-order valence-electron chi connectivity index (χ3n) is 1.99. The van der Waals surface area contributed by atoms with E-state index in [9.17, 15) is 9.18 Å². The molecule has 86 valence electrons. The van der Waals surface area contributed by atoms with Gasteiger partial charge in [-0.25, -0.2) is 4.39 Å². The van der Waals surface area contributed by atoms with E-state index in [-0.39, 0.29) is 5.02 Å². The Hall–Kier alpha value is -1.39. The number of aliphatic carboxylic acids is 1. The fraction of sp³-hybridized carbons (Fsp3) is 0.182. The Morgan fingerprint density at radius 3 is 2.88 bits per heavy atom. The van der Waals surface area contributed by atoms with Crippen LogP contribution in [0.4, 0.5) is 4.39 Å². The Morgan fingerprint density at radius 2 is 2.38 bits per heavy atom. The highest BCUT2D eigenvalue weighted by Crippen LogP contribution is 2.24. The summed E-state index contributed by atoms with van der Waals surface area (Å²) >= 11 is 5.78. The van der Waals surface area contributed by atoms with Crippen molar-refractivity contribution >= 4 is 17.6 Å². The summed E-state index contributed by atoms with van der Waals surface area (Å²) in [6, 6.07) is 2.65. The number of nitrogens with one attached hydrogen (secondary N) is 1. The highest BCUT2D eigenvalue weighted by Gasteiger charge is 2.21. The average Bonchev–Trinajstić information content (AvgIpc) is 2.20. The predicted molar refractivity (Wildman–Crippen MR) is 60.0 cm³/mol. The Balaban J connectivity index is 3.00. The molecule has 0 amide bonds. The van der Waals surface area contributed by atoms with Crippen LogP contribution in [-0.4, -0.2) is 17.6 Å². The Morgan fingerprint density at radius 1 is 1.69 bits per heavy atom. The first-order valence-corrected chi connectivity index (χ1v) is 4.96. The molecule has 2 N–H and O–H groups in total. The van der Waals surface area contributed by atoms with Crippen molar-refractivity contribution in [3.63, 3.8) is 0 Å². The second-order valence-corrected chi connectivity index (χ2v) is 3.54. The van der Waals surface area contributed by atoms with Crippen LogP contribution in [0.2, 0.25) is 5.02 Å². The van der Waals surface area contributed by atoms with Crippen molar-refractivity contribution in [1.29, 1.82) is 0 Å². The fourth-order valence-corrected chi connectivity index (χ4v) is 1.54. The third kappa shape index (κ3) is 3.05. The van der Waals surface area contributed by atoms with Crippen LogP contribution >= 0.6 is 11.6 Å². The maximum absolute atomic E-state index is 12.8. The van der Waals surface area contributed by atoms with Gasteiger partial charge in [0.25, 0.3) is 0 Å². The molecule has 1 atom stereocenters. The predicted octanol–water partition coefficient (Wildman–Crippen LogP) is 2.38. The van der Waals surface area contributed by atoms with E-state index in [0.29, 0.717) is 12.1 Å². The Kier molecular flexibility index (Phi) is 4.46. The minimum Gasteiger partial charge on any atom is -0.480 e. The van der Waals surface area contributed by atoms with E-state index in [1.165, 1.54) is 18.2 Å². The van der Waals surface area contributed by atoms with E-state index in [2.05, 4.69) is 11.9 Å². The molecule has 0 aliphatic heterocycles. The number of rotatable bonds is 5. The van der Waals surface area contributed by atoms with Gasteiger partial charge in [-0.15, -0.1) is 6.58 Å². The van der Waals surface area contributed by atoms with Gasteiger partial charge in [0.2, 0.25) is 0 Å². The lowest BCUT2D eigenvalue weighted by Crippen LogP contribution is -2.28. The molecule has 0 aromatic heterocycles. The van der Waals surface area contributed by atoms with E-state index in [4.69, 9.17) is 16.7 Å². The molecule has 1 rings (SSSR count). The third-order valence-corrected chi connectivity index (χ3v) is 2.31. The van der Waals surface area contributed by atoms with Gasteiger partial charge in [-0.3, -0.25) is 10.1 Å². The van der Waals surface area contributed by atoms with Crippen molar-refractivity contribution in [2.75, 3.05) is 6.54 Å². The number of hydrogen-bond acceptors (Lipinski definition) is 2. The van der Waals surface area contributed by atoms with E-state index in [1.54, 1.807) is 0 Å². The molecule has 0 saturated heterocycles. The number of hydrogen-bond donors (Lipinski definition) is 2. The van der Waals surface area contributed by atoms with Gasteiger partial charge in [0.05, 0.1) is 0 Å². The standard InChI is InChI=1S/C11H11ClFNO2/c1-2-5-14-10(11(15)16)8-4-3-7(13)6-9(8)12/h2-4,6,10,14H,1,5H2,(H,15,16). The van der Waals surface area contributed by atoms with Crippen molar-refractivity contribution in [3.8, 4) is 0 Å². The van der Waals surface area contributed by atoms with Gasteiger partial charge < -0.3 is 5.11 Å². The summed E-state index contributed by atoms with van der Waals surface area (Å²) < 4.78 is 12.8. The molecule has 3 nitrogen and oxygen atoms in total. The first kappa shape index (κ1) is 12.7. The molecular formula is C11H11ClFNO2. The Labute approximate surface area is 97.5 Å². The molecule has 16 heavy (non-hydrogen) atoms. The lowest BCUT2D eigenvalue weighted by atomic mass is 10.1.